The second-order valence-electron chi connectivity index (χ2n) is 4.58. The Kier molecular flexibility index (Phi) is 14.0. The maximum absolute atomic E-state index is 3.54. The van der Waals surface area contributed by atoms with E-state index in [1.165, 1.54) is 77.0 Å². The van der Waals surface area contributed by atoms with Gasteiger partial charge in [0.05, 0.1) is 0 Å². The summed E-state index contributed by atoms with van der Waals surface area (Å²) in [5.41, 5.74) is 0. The molecule has 0 aliphatic carbocycles. The summed E-state index contributed by atoms with van der Waals surface area (Å²) in [4.78, 5) is 0. The molecule has 0 aliphatic rings. The van der Waals surface area contributed by atoms with Gasteiger partial charge >= 0.3 is 0 Å². The minimum absolute atomic E-state index is 1.23. The Morgan fingerprint density at radius 2 is 0.933 bits per heavy atom. The molecule has 0 amide bonds. The molecule has 0 heteroatoms. The zero-order chi connectivity index (χ0) is 11.2. The van der Waals surface area contributed by atoms with Crippen LogP contribution in [0.5, 0.6) is 0 Å². The molecule has 0 aromatic rings. The molecule has 2 radical (unpaired) electrons. The van der Waals surface area contributed by atoms with Gasteiger partial charge in [0.15, 0.2) is 0 Å². The van der Waals surface area contributed by atoms with Crippen molar-refractivity contribution in [2.24, 2.45) is 0 Å². The van der Waals surface area contributed by atoms with Crippen LogP contribution in [0.25, 0.3) is 0 Å². The van der Waals surface area contributed by atoms with Gasteiger partial charge < -0.3 is 0 Å². The second kappa shape index (κ2) is 14.0. The Balaban J connectivity index is 2.81. The molecule has 0 bridgehead atoms. The molecule has 0 aliphatic heterocycles. The van der Waals surface area contributed by atoms with Gasteiger partial charge in [0, 0.05) is 0 Å². The van der Waals surface area contributed by atoms with Crippen molar-refractivity contribution in [1.29, 1.82) is 0 Å². The molecule has 0 unspecified atom stereocenters. The Labute approximate surface area is 97.8 Å². The molecule has 90 valence electrons. The van der Waals surface area contributed by atoms with E-state index < -0.39 is 0 Å². The fraction of sp³-hybridized carbons (Fsp3) is 0.933. The molecule has 0 fully saturated rings. The number of rotatable bonds is 12. The van der Waals surface area contributed by atoms with Crippen LogP contribution in [-0.2, 0) is 0 Å². The van der Waals surface area contributed by atoms with E-state index in [1.807, 2.05) is 0 Å². The molecule has 0 nitrogen and oxygen atoms in total. The Morgan fingerprint density at radius 1 is 0.533 bits per heavy atom. The van der Waals surface area contributed by atoms with Crippen LogP contribution in [0.15, 0.2) is 0 Å². The minimum Gasteiger partial charge on any atom is -0.0654 e. The summed E-state index contributed by atoms with van der Waals surface area (Å²) in [5.74, 6) is 0. The SMILES string of the molecule is CCCCCCC[C]CCCCCCC. The molecule has 15 heavy (non-hydrogen) atoms. The fourth-order valence-electron chi connectivity index (χ4n) is 1.83. The van der Waals surface area contributed by atoms with E-state index in [9.17, 15) is 0 Å². The summed E-state index contributed by atoms with van der Waals surface area (Å²) in [6.45, 7) is 4.54. The van der Waals surface area contributed by atoms with Crippen LogP contribution in [0.2, 0.25) is 0 Å². The number of hydrogen-bond acceptors (Lipinski definition) is 0. The van der Waals surface area contributed by atoms with Gasteiger partial charge in [0.25, 0.3) is 0 Å². The van der Waals surface area contributed by atoms with E-state index in [1.54, 1.807) is 0 Å². The van der Waals surface area contributed by atoms with E-state index in [0.717, 1.165) is 0 Å². The third-order valence-corrected chi connectivity index (χ3v) is 2.91. The van der Waals surface area contributed by atoms with Gasteiger partial charge in [-0.1, -0.05) is 78.1 Å². The first-order valence-corrected chi connectivity index (χ1v) is 7.12. The first-order chi connectivity index (χ1) is 7.41. The molecule has 0 aromatic carbocycles. The van der Waals surface area contributed by atoms with E-state index in [-0.39, 0.29) is 0 Å². The average molecular weight is 210 g/mol. The lowest BCUT2D eigenvalue weighted by Gasteiger charge is -2.01. The van der Waals surface area contributed by atoms with Gasteiger partial charge in [-0.2, -0.15) is 0 Å². The molecular weight excluding hydrogens is 180 g/mol. The smallest absolute Gasteiger partial charge is 0.0173 e. The molecular formula is C15H30. The van der Waals surface area contributed by atoms with Crippen molar-refractivity contribution < 1.29 is 0 Å². The van der Waals surface area contributed by atoms with Gasteiger partial charge in [-0.3, -0.25) is 0 Å². The lowest BCUT2D eigenvalue weighted by Crippen LogP contribution is -1.82. The van der Waals surface area contributed by atoms with Gasteiger partial charge in [-0.05, 0) is 19.3 Å². The third kappa shape index (κ3) is 14.0. The summed E-state index contributed by atoms with van der Waals surface area (Å²) in [6, 6.07) is 0. The highest BCUT2D eigenvalue weighted by Gasteiger charge is 1.92. The Hall–Kier alpha value is 0. The van der Waals surface area contributed by atoms with Crippen molar-refractivity contribution >= 4 is 0 Å². The third-order valence-electron chi connectivity index (χ3n) is 2.91. The predicted octanol–water partition coefficient (Wildman–Crippen LogP) is 5.79. The standard InChI is InChI=1S/C15H30/c1-3-5-7-9-11-13-15-14-12-10-8-6-4-2/h3-14H2,1-2H3. The van der Waals surface area contributed by atoms with Crippen molar-refractivity contribution in [3.05, 3.63) is 6.42 Å². The molecule has 0 spiro atoms. The lowest BCUT2D eigenvalue weighted by atomic mass is 10.1. The van der Waals surface area contributed by atoms with E-state index in [2.05, 4.69) is 20.3 Å². The van der Waals surface area contributed by atoms with Crippen molar-refractivity contribution in [2.75, 3.05) is 0 Å². The summed E-state index contributed by atoms with van der Waals surface area (Å²) >= 11 is 0. The summed E-state index contributed by atoms with van der Waals surface area (Å²) in [5, 5.41) is 0. The molecule has 0 aromatic heterocycles. The molecule has 0 saturated heterocycles. The van der Waals surface area contributed by atoms with Crippen molar-refractivity contribution in [3.63, 3.8) is 0 Å². The first kappa shape index (κ1) is 15.0. The summed E-state index contributed by atoms with van der Waals surface area (Å²) in [6.07, 6.45) is 20.0. The highest BCUT2D eigenvalue weighted by Crippen LogP contribution is 2.11. The van der Waals surface area contributed by atoms with Crippen molar-refractivity contribution in [1.82, 2.24) is 0 Å². The average Bonchev–Trinajstić information content (AvgIpc) is 2.26. The van der Waals surface area contributed by atoms with Gasteiger partial charge in [-0.25, -0.2) is 0 Å². The largest absolute Gasteiger partial charge is 0.0654 e. The topological polar surface area (TPSA) is 0 Å². The van der Waals surface area contributed by atoms with Crippen LogP contribution in [-0.4, -0.2) is 0 Å². The maximum atomic E-state index is 3.54. The normalized spacial score (nSPS) is 10.8. The van der Waals surface area contributed by atoms with E-state index in [0.29, 0.717) is 0 Å². The maximum Gasteiger partial charge on any atom is -0.0173 e. The second-order valence-corrected chi connectivity index (χ2v) is 4.58. The van der Waals surface area contributed by atoms with Crippen molar-refractivity contribution in [2.45, 2.75) is 90.9 Å². The molecule has 0 rings (SSSR count). The van der Waals surface area contributed by atoms with Crippen LogP contribution < -0.4 is 0 Å². The quantitative estimate of drug-likeness (QED) is 0.358. The summed E-state index contributed by atoms with van der Waals surface area (Å²) < 4.78 is 0. The molecule has 0 saturated carbocycles. The highest BCUT2D eigenvalue weighted by atomic mass is 14.0. The number of unbranched alkanes of at least 4 members (excludes halogenated alkanes) is 12. The van der Waals surface area contributed by atoms with Crippen molar-refractivity contribution in [3.8, 4) is 0 Å². The zero-order valence-corrected chi connectivity index (χ0v) is 11.0. The van der Waals surface area contributed by atoms with Crippen LogP contribution in [0, 0.1) is 6.42 Å². The Bertz CT molecular complexity index is 84.2. The number of hydrogen-bond donors (Lipinski definition) is 0. The summed E-state index contributed by atoms with van der Waals surface area (Å²) in [7, 11) is 0. The molecule has 0 atom stereocenters. The van der Waals surface area contributed by atoms with Crippen LogP contribution >= 0.6 is 0 Å². The van der Waals surface area contributed by atoms with Gasteiger partial charge in [-0.15, -0.1) is 0 Å². The predicted molar refractivity (Wildman–Crippen MR) is 70.0 cm³/mol. The monoisotopic (exact) mass is 210 g/mol. The van der Waals surface area contributed by atoms with Crippen LogP contribution in [0.4, 0.5) is 0 Å². The van der Waals surface area contributed by atoms with Gasteiger partial charge in [0.2, 0.25) is 0 Å². The van der Waals surface area contributed by atoms with E-state index >= 15 is 0 Å². The fourth-order valence-corrected chi connectivity index (χ4v) is 1.83. The lowest BCUT2D eigenvalue weighted by molar-refractivity contribution is 0.598. The van der Waals surface area contributed by atoms with E-state index in [4.69, 9.17) is 0 Å². The molecule has 0 heterocycles. The minimum atomic E-state index is 1.23. The first-order valence-electron chi connectivity index (χ1n) is 7.12. The van der Waals surface area contributed by atoms with Gasteiger partial charge in [0.1, 0.15) is 0 Å². The van der Waals surface area contributed by atoms with Crippen LogP contribution in [0.1, 0.15) is 90.9 Å². The Morgan fingerprint density at radius 3 is 1.33 bits per heavy atom. The highest BCUT2D eigenvalue weighted by molar-refractivity contribution is 4.64. The molecule has 0 N–H and O–H groups in total. The van der Waals surface area contributed by atoms with Crippen LogP contribution in [0.3, 0.4) is 0 Å². The zero-order valence-electron chi connectivity index (χ0n) is 11.0.